The van der Waals surface area contributed by atoms with Gasteiger partial charge in [0, 0.05) is 25.9 Å². The zero-order chi connectivity index (χ0) is 19.1. The van der Waals surface area contributed by atoms with Crippen molar-refractivity contribution in [2.45, 2.75) is 4.90 Å². The highest BCUT2D eigenvalue weighted by Crippen LogP contribution is 2.32. The van der Waals surface area contributed by atoms with Crippen molar-refractivity contribution in [3.8, 4) is 0 Å². The first-order chi connectivity index (χ1) is 13.7. The summed E-state index contributed by atoms with van der Waals surface area (Å²) in [7, 11) is 0. The van der Waals surface area contributed by atoms with Gasteiger partial charge in [-0.05, 0) is 58.9 Å². The second kappa shape index (κ2) is 6.89. The zero-order valence-electron chi connectivity index (χ0n) is 14.7. The van der Waals surface area contributed by atoms with E-state index in [0.29, 0.717) is 16.3 Å². The van der Waals surface area contributed by atoms with Crippen molar-refractivity contribution in [1.82, 2.24) is 0 Å². The summed E-state index contributed by atoms with van der Waals surface area (Å²) in [5.74, 6) is 0. The fourth-order valence-corrected chi connectivity index (χ4v) is 5.44. The Kier molecular flexibility index (Phi) is 4.23. The van der Waals surface area contributed by atoms with E-state index in [1.165, 1.54) is 23.1 Å². The maximum Gasteiger partial charge on any atom is 0.225 e. The Balaban J connectivity index is 1.61. The number of benzene rings is 4. The molecule has 0 N–H and O–H groups in total. The molecule has 4 heteroatoms. The van der Waals surface area contributed by atoms with Crippen molar-refractivity contribution in [1.29, 1.82) is 0 Å². The van der Waals surface area contributed by atoms with Gasteiger partial charge in [0.2, 0.25) is 5.12 Å². The summed E-state index contributed by atoms with van der Waals surface area (Å²) in [6.07, 6.45) is 0. The first-order valence-electron chi connectivity index (χ1n) is 8.86. The van der Waals surface area contributed by atoms with Gasteiger partial charge in [-0.3, -0.25) is 9.59 Å². The molecule has 5 rings (SSSR count). The largest absolute Gasteiger partial charge is 0.289 e. The van der Waals surface area contributed by atoms with E-state index in [9.17, 15) is 9.59 Å². The number of rotatable bonds is 2. The molecule has 134 valence electrons. The summed E-state index contributed by atoms with van der Waals surface area (Å²) >= 11 is 2.70. The topological polar surface area (TPSA) is 34.1 Å². The Morgan fingerprint density at radius 2 is 1.50 bits per heavy atom. The van der Waals surface area contributed by atoms with Gasteiger partial charge in [-0.25, -0.2) is 0 Å². The third kappa shape index (κ3) is 2.91. The Morgan fingerprint density at radius 3 is 2.39 bits per heavy atom. The van der Waals surface area contributed by atoms with Crippen LogP contribution in [0.1, 0.15) is 10.4 Å². The highest BCUT2D eigenvalue weighted by molar-refractivity contribution is 8.14. The van der Waals surface area contributed by atoms with Crippen LogP contribution >= 0.6 is 23.1 Å². The number of hydrogen-bond donors (Lipinski definition) is 0. The summed E-state index contributed by atoms with van der Waals surface area (Å²) < 4.78 is 1.65. The van der Waals surface area contributed by atoms with Crippen molar-refractivity contribution >= 4 is 59.2 Å². The third-order valence-electron chi connectivity index (χ3n) is 4.75. The maximum atomic E-state index is 13.1. The molecule has 5 aromatic rings. The van der Waals surface area contributed by atoms with Gasteiger partial charge >= 0.3 is 0 Å². The van der Waals surface area contributed by atoms with E-state index < -0.39 is 0 Å². The normalized spacial score (nSPS) is 11.3. The minimum atomic E-state index is -0.0492. The predicted octanol–water partition coefficient (Wildman–Crippen LogP) is 6.50. The highest BCUT2D eigenvalue weighted by atomic mass is 32.2. The molecule has 0 radical (unpaired) electrons. The highest BCUT2D eigenvalue weighted by Gasteiger charge is 2.15. The monoisotopic (exact) mass is 398 g/mol. The molecule has 0 saturated carbocycles. The van der Waals surface area contributed by atoms with Crippen LogP contribution in [0.3, 0.4) is 0 Å². The van der Waals surface area contributed by atoms with E-state index >= 15 is 0 Å². The van der Waals surface area contributed by atoms with Crippen molar-refractivity contribution in [3.63, 3.8) is 0 Å². The van der Waals surface area contributed by atoms with Crippen LogP contribution in [0.15, 0.2) is 94.6 Å². The molecule has 0 aliphatic rings. The van der Waals surface area contributed by atoms with Crippen LogP contribution in [-0.2, 0) is 0 Å². The van der Waals surface area contributed by atoms with E-state index in [0.717, 1.165) is 25.1 Å². The number of fused-ring (bicyclic) bond motifs is 3. The first-order valence-corrected chi connectivity index (χ1v) is 10.5. The lowest BCUT2D eigenvalue weighted by Gasteiger charge is -2.07. The van der Waals surface area contributed by atoms with Gasteiger partial charge in [0.1, 0.15) is 0 Å². The van der Waals surface area contributed by atoms with Crippen molar-refractivity contribution < 1.29 is 4.79 Å². The Hall–Kier alpha value is -2.95. The van der Waals surface area contributed by atoms with Crippen molar-refractivity contribution in [2.75, 3.05) is 0 Å². The van der Waals surface area contributed by atoms with Crippen LogP contribution in [0.4, 0.5) is 0 Å². The fourth-order valence-electron chi connectivity index (χ4n) is 3.38. The molecule has 0 unspecified atom stereocenters. The summed E-state index contributed by atoms with van der Waals surface area (Å²) in [6.45, 7) is 0. The second-order valence-corrected chi connectivity index (χ2v) is 8.61. The molecule has 0 bridgehead atoms. The molecule has 0 atom stereocenters. The van der Waals surface area contributed by atoms with Crippen LogP contribution < -0.4 is 5.43 Å². The lowest BCUT2D eigenvalue weighted by molar-refractivity contribution is 0.109. The first kappa shape index (κ1) is 17.2. The fraction of sp³-hybridized carbons (Fsp3) is 0. The molecule has 0 saturated heterocycles. The lowest BCUT2D eigenvalue weighted by atomic mass is 10.1. The van der Waals surface area contributed by atoms with Crippen LogP contribution in [0.5, 0.6) is 0 Å². The van der Waals surface area contributed by atoms with Crippen LogP contribution in [0.2, 0.25) is 0 Å². The minimum absolute atomic E-state index is 0.0188. The molecule has 1 aromatic heterocycles. The summed E-state index contributed by atoms with van der Waals surface area (Å²) in [4.78, 5) is 26.8. The van der Waals surface area contributed by atoms with Crippen LogP contribution in [-0.4, -0.2) is 5.12 Å². The molecule has 2 nitrogen and oxygen atoms in total. The Bertz CT molecular complexity index is 1430. The van der Waals surface area contributed by atoms with Gasteiger partial charge in [0.15, 0.2) is 5.43 Å². The van der Waals surface area contributed by atoms with E-state index in [1.54, 1.807) is 12.1 Å². The third-order valence-corrected chi connectivity index (χ3v) is 6.87. The minimum Gasteiger partial charge on any atom is -0.289 e. The van der Waals surface area contributed by atoms with E-state index in [4.69, 9.17) is 0 Å². The van der Waals surface area contributed by atoms with Gasteiger partial charge in [-0.15, -0.1) is 11.3 Å². The summed E-state index contributed by atoms with van der Waals surface area (Å²) in [5, 5.41) is 3.51. The number of hydrogen-bond acceptors (Lipinski definition) is 4. The molecule has 0 spiro atoms. The summed E-state index contributed by atoms with van der Waals surface area (Å²) in [5.41, 5.74) is 0.568. The molecule has 0 fully saturated rings. The molecule has 0 amide bonds. The number of carbonyl (C=O) groups is 1. The van der Waals surface area contributed by atoms with Crippen molar-refractivity contribution in [3.05, 3.63) is 101 Å². The molecule has 1 heterocycles. The Labute approximate surface area is 169 Å². The van der Waals surface area contributed by atoms with Gasteiger partial charge in [-0.1, -0.05) is 48.5 Å². The SMILES string of the molecule is O=C(Sc1ccc2ccccc2c1)c1cccc2c(=O)c3ccccc3sc12. The smallest absolute Gasteiger partial charge is 0.225 e. The van der Waals surface area contributed by atoms with Gasteiger partial charge in [-0.2, -0.15) is 0 Å². The van der Waals surface area contributed by atoms with Crippen molar-refractivity contribution in [2.24, 2.45) is 0 Å². The second-order valence-electron chi connectivity index (χ2n) is 6.51. The quantitative estimate of drug-likeness (QED) is 0.251. The number of carbonyl (C=O) groups excluding carboxylic acids is 1. The van der Waals surface area contributed by atoms with Gasteiger partial charge in [0.05, 0.1) is 4.70 Å². The number of thioether (sulfide) groups is 1. The molecule has 4 aromatic carbocycles. The van der Waals surface area contributed by atoms with Crippen LogP contribution in [0, 0.1) is 0 Å². The van der Waals surface area contributed by atoms with Gasteiger partial charge < -0.3 is 0 Å². The average Bonchev–Trinajstić information content (AvgIpc) is 2.73. The van der Waals surface area contributed by atoms with Gasteiger partial charge in [0.25, 0.3) is 0 Å². The zero-order valence-corrected chi connectivity index (χ0v) is 16.3. The Morgan fingerprint density at radius 1 is 0.750 bits per heavy atom. The molecule has 0 aliphatic heterocycles. The lowest BCUT2D eigenvalue weighted by Crippen LogP contribution is -2.03. The van der Waals surface area contributed by atoms with Crippen LogP contribution in [0.25, 0.3) is 30.9 Å². The average molecular weight is 399 g/mol. The predicted molar refractivity (Wildman–Crippen MR) is 120 cm³/mol. The molecular weight excluding hydrogens is 384 g/mol. The molecule has 28 heavy (non-hydrogen) atoms. The standard InChI is InChI=1S/C24H14O2S2/c25-22-18-8-3-4-11-21(18)28-23-19(22)9-5-10-20(23)24(26)27-17-13-12-15-6-1-2-7-16(15)14-17/h1-14H. The van der Waals surface area contributed by atoms with E-state index in [2.05, 4.69) is 6.07 Å². The van der Waals surface area contributed by atoms with E-state index in [1.807, 2.05) is 66.7 Å². The van der Waals surface area contributed by atoms with E-state index in [-0.39, 0.29) is 10.5 Å². The molecular formula is C24H14O2S2. The molecule has 0 aliphatic carbocycles. The summed E-state index contributed by atoms with van der Waals surface area (Å²) in [6, 6.07) is 27.1. The maximum absolute atomic E-state index is 13.1.